The number of hydrogen-bond donors (Lipinski definition) is 0. The Morgan fingerprint density at radius 1 is 1.40 bits per heavy atom. The highest BCUT2D eigenvalue weighted by molar-refractivity contribution is 8.01. The zero-order valence-corrected chi connectivity index (χ0v) is 11.0. The number of rotatable bonds is 2. The van der Waals surface area contributed by atoms with E-state index in [4.69, 9.17) is 27.9 Å². The summed E-state index contributed by atoms with van der Waals surface area (Å²) in [6.07, 6.45) is 1.14. The van der Waals surface area contributed by atoms with Crippen LogP contribution in [0.3, 0.4) is 0 Å². The highest BCUT2D eigenvalue weighted by Gasteiger charge is 2.37. The highest BCUT2D eigenvalue weighted by atomic mass is 35.5. The molecule has 0 amide bonds. The van der Waals surface area contributed by atoms with Crippen molar-refractivity contribution in [3.8, 4) is 5.75 Å². The first kappa shape index (κ1) is 11.4. The van der Waals surface area contributed by atoms with E-state index in [1.807, 2.05) is 17.8 Å². The van der Waals surface area contributed by atoms with Gasteiger partial charge in [-0.3, -0.25) is 0 Å². The van der Waals surface area contributed by atoms with Crippen LogP contribution in [0.5, 0.6) is 5.75 Å². The number of hydrogen-bond acceptors (Lipinski definition) is 2. The SMILES string of the molecule is COc1c(Cl)cc(Cl)cc1C1(C)CCS1. The monoisotopic (exact) mass is 262 g/mol. The number of thioether (sulfide) groups is 1. The topological polar surface area (TPSA) is 9.23 Å². The summed E-state index contributed by atoms with van der Waals surface area (Å²) in [6.45, 7) is 2.20. The molecule has 2 rings (SSSR count). The van der Waals surface area contributed by atoms with E-state index in [2.05, 4.69) is 6.92 Å². The average molecular weight is 263 g/mol. The van der Waals surface area contributed by atoms with Gasteiger partial charge in [-0.2, -0.15) is 11.8 Å². The molecule has 1 nitrogen and oxygen atoms in total. The minimum Gasteiger partial charge on any atom is -0.495 e. The molecule has 0 bridgehead atoms. The minimum atomic E-state index is 0.111. The number of halogens is 2. The van der Waals surface area contributed by atoms with Crippen molar-refractivity contribution in [3.63, 3.8) is 0 Å². The Hall–Kier alpha value is -0.0500. The van der Waals surface area contributed by atoms with Crippen LogP contribution in [0, 0.1) is 0 Å². The zero-order valence-electron chi connectivity index (χ0n) is 8.64. The third-order valence-corrected chi connectivity index (χ3v) is 4.75. The van der Waals surface area contributed by atoms with Crippen LogP contribution in [0.4, 0.5) is 0 Å². The summed E-state index contributed by atoms with van der Waals surface area (Å²) in [6, 6.07) is 3.68. The van der Waals surface area contributed by atoms with Crippen molar-refractivity contribution in [2.45, 2.75) is 18.1 Å². The first-order valence-electron chi connectivity index (χ1n) is 4.74. The van der Waals surface area contributed by atoms with Gasteiger partial charge in [-0.1, -0.05) is 23.2 Å². The van der Waals surface area contributed by atoms with Gasteiger partial charge in [0.05, 0.1) is 12.1 Å². The second-order valence-corrected chi connectivity index (χ2v) is 6.24. The third kappa shape index (κ3) is 1.95. The van der Waals surface area contributed by atoms with Crippen molar-refractivity contribution in [2.24, 2.45) is 0 Å². The van der Waals surface area contributed by atoms with E-state index in [1.54, 1.807) is 13.2 Å². The van der Waals surface area contributed by atoms with Crippen molar-refractivity contribution in [2.75, 3.05) is 12.9 Å². The molecule has 4 heteroatoms. The van der Waals surface area contributed by atoms with Gasteiger partial charge in [0.25, 0.3) is 0 Å². The largest absolute Gasteiger partial charge is 0.495 e. The molecule has 0 aromatic heterocycles. The molecule has 1 unspecified atom stereocenters. The fourth-order valence-corrected chi connectivity index (χ4v) is 3.48. The molecule has 0 aliphatic carbocycles. The highest BCUT2D eigenvalue weighted by Crippen LogP contribution is 2.53. The molecule has 1 aromatic rings. The van der Waals surface area contributed by atoms with E-state index < -0.39 is 0 Å². The second-order valence-electron chi connectivity index (χ2n) is 3.80. The predicted molar refractivity (Wildman–Crippen MR) is 67.4 cm³/mol. The average Bonchev–Trinajstić information content (AvgIpc) is 2.13. The molecule has 1 aromatic carbocycles. The quantitative estimate of drug-likeness (QED) is 0.784. The van der Waals surface area contributed by atoms with Gasteiger partial charge in [-0.05, 0) is 31.2 Å². The smallest absolute Gasteiger partial charge is 0.142 e. The summed E-state index contributed by atoms with van der Waals surface area (Å²) in [5, 5.41) is 1.26. The van der Waals surface area contributed by atoms with Gasteiger partial charge in [-0.15, -0.1) is 0 Å². The van der Waals surface area contributed by atoms with Gasteiger partial charge in [0.15, 0.2) is 0 Å². The first-order valence-corrected chi connectivity index (χ1v) is 6.48. The minimum absolute atomic E-state index is 0.111. The fraction of sp³-hybridized carbons (Fsp3) is 0.455. The maximum atomic E-state index is 6.10. The van der Waals surface area contributed by atoms with Crippen molar-refractivity contribution in [1.82, 2.24) is 0 Å². The molecule has 1 saturated heterocycles. The van der Waals surface area contributed by atoms with Gasteiger partial charge in [0.1, 0.15) is 5.75 Å². The Morgan fingerprint density at radius 3 is 2.53 bits per heavy atom. The number of methoxy groups -OCH3 is 1. The number of benzene rings is 1. The molecule has 1 heterocycles. The summed E-state index contributed by atoms with van der Waals surface area (Å²) >= 11 is 14.0. The van der Waals surface area contributed by atoms with Crippen LogP contribution in [-0.2, 0) is 4.75 Å². The molecular formula is C11H12Cl2OS. The lowest BCUT2D eigenvalue weighted by molar-refractivity contribution is 0.402. The first-order chi connectivity index (χ1) is 7.07. The molecule has 0 saturated carbocycles. The van der Waals surface area contributed by atoms with Gasteiger partial charge in [-0.25, -0.2) is 0 Å². The van der Waals surface area contributed by atoms with Gasteiger partial charge >= 0.3 is 0 Å². The van der Waals surface area contributed by atoms with E-state index >= 15 is 0 Å². The van der Waals surface area contributed by atoms with Crippen LogP contribution >= 0.6 is 35.0 Å². The Labute approximate surface area is 104 Å². The predicted octanol–water partition coefficient (Wildman–Crippen LogP) is 4.35. The van der Waals surface area contributed by atoms with Gasteiger partial charge in [0.2, 0.25) is 0 Å². The maximum Gasteiger partial charge on any atom is 0.142 e. The second kappa shape index (κ2) is 4.08. The Morgan fingerprint density at radius 2 is 2.07 bits per heavy atom. The lowest BCUT2D eigenvalue weighted by Gasteiger charge is -2.39. The van der Waals surface area contributed by atoms with Crippen molar-refractivity contribution < 1.29 is 4.74 Å². The standard InChI is InChI=1S/C11H12Cl2OS/c1-11(3-4-15-11)8-5-7(12)6-9(13)10(8)14-2/h5-6H,3-4H2,1-2H3. The number of ether oxygens (including phenoxy) is 1. The molecule has 0 radical (unpaired) electrons. The fourth-order valence-electron chi connectivity index (χ4n) is 1.78. The van der Waals surface area contributed by atoms with Gasteiger partial charge in [0, 0.05) is 15.3 Å². The normalized spacial score (nSPS) is 24.8. The molecule has 1 atom stereocenters. The van der Waals surface area contributed by atoms with Crippen molar-refractivity contribution in [3.05, 3.63) is 27.7 Å². The van der Waals surface area contributed by atoms with Crippen molar-refractivity contribution >= 4 is 35.0 Å². The molecule has 1 aliphatic rings. The molecule has 0 N–H and O–H groups in total. The molecule has 1 aliphatic heterocycles. The van der Waals surface area contributed by atoms with E-state index in [0.717, 1.165) is 17.7 Å². The summed E-state index contributed by atoms with van der Waals surface area (Å²) in [7, 11) is 1.64. The molecular weight excluding hydrogens is 251 g/mol. The Bertz CT molecular complexity index is 388. The molecule has 0 spiro atoms. The molecule has 15 heavy (non-hydrogen) atoms. The maximum absolute atomic E-state index is 6.10. The lowest BCUT2D eigenvalue weighted by atomic mass is 9.95. The summed E-state index contributed by atoms with van der Waals surface area (Å²) in [4.78, 5) is 0. The summed E-state index contributed by atoms with van der Waals surface area (Å²) in [5.74, 6) is 1.94. The summed E-state index contributed by atoms with van der Waals surface area (Å²) in [5.41, 5.74) is 1.11. The molecule has 82 valence electrons. The Kier molecular flexibility index (Phi) is 3.11. The van der Waals surface area contributed by atoms with Crippen LogP contribution in [-0.4, -0.2) is 12.9 Å². The third-order valence-electron chi connectivity index (χ3n) is 2.78. The van der Waals surface area contributed by atoms with Crippen LogP contribution in [0.15, 0.2) is 12.1 Å². The van der Waals surface area contributed by atoms with E-state index in [1.165, 1.54) is 5.75 Å². The van der Waals surface area contributed by atoms with Gasteiger partial charge < -0.3 is 4.74 Å². The zero-order chi connectivity index (χ0) is 11.1. The Balaban J connectivity index is 2.53. The van der Waals surface area contributed by atoms with E-state index in [9.17, 15) is 0 Å². The van der Waals surface area contributed by atoms with Crippen LogP contribution in [0.2, 0.25) is 10.0 Å². The van der Waals surface area contributed by atoms with E-state index in [-0.39, 0.29) is 4.75 Å². The van der Waals surface area contributed by atoms with Crippen LogP contribution in [0.1, 0.15) is 18.9 Å². The van der Waals surface area contributed by atoms with E-state index in [0.29, 0.717) is 10.0 Å². The summed E-state index contributed by atoms with van der Waals surface area (Å²) < 4.78 is 5.46. The lowest BCUT2D eigenvalue weighted by Crippen LogP contribution is -2.28. The van der Waals surface area contributed by atoms with Crippen LogP contribution < -0.4 is 4.74 Å². The van der Waals surface area contributed by atoms with Crippen molar-refractivity contribution in [1.29, 1.82) is 0 Å². The van der Waals surface area contributed by atoms with Crippen LogP contribution in [0.25, 0.3) is 0 Å². The molecule has 1 fully saturated rings.